The summed E-state index contributed by atoms with van der Waals surface area (Å²) in [7, 11) is 0. The lowest BCUT2D eigenvalue weighted by molar-refractivity contribution is -0.138. The number of halogens is 4. The summed E-state index contributed by atoms with van der Waals surface area (Å²) in [5.41, 5.74) is 0.348. The first-order valence-electron chi connectivity index (χ1n) is 6.90. The predicted octanol–water partition coefficient (Wildman–Crippen LogP) is 2.81. The summed E-state index contributed by atoms with van der Waals surface area (Å²) >= 11 is 0. The van der Waals surface area contributed by atoms with Gasteiger partial charge >= 0.3 is 6.18 Å². The van der Waals surface area contributed by atoms with Crippen LogP contribution in [-0.4, -0.2) is 47.5 Å². The predicted molar refractivity (Wildman–Crippen MR) is 79.5 cm³/mol. The molecule has 1 aromatic carbocycles. The van der Waals surface area contributed by atoms with Crippen molar-refractivity contribution in [2.75, 3.05) is 26.2 Å². The fourth-order valence-corrected chi connectivity index (χ4v) is 2.64. The highest BCUT2D eigenvalue weighted by molar-refractivity contribution is 5.85. The highest BCUT2D eigenvalue weighted by atomic mass is 35.5. The maximum atomic E-state index is 12.5. The molecule has 1 aliphatic rings. The Labute approximate surface area is 133 Å². The SMILES string of the molecule is Cl.Oc1ccc(O)c([C@@H](CCC(F)(F)F)N2CCNCC2)c1. The average Bonchev–Trinajstić information content (AvgIpc) is 2.43. The number of hydrogen-bond donors (Lipinski definition) is 3. The third kappa shape index (κ3) is 5.23. The van der Waals surface area contributed by atoms with Crippen LogP contribution in [0, 0.1) is 0 Å². The first kappa shape index (κ1) is 18.9. The lowest BCUT2D eigenvalue weighted by Gasteiger charge is -2.35. The molecule has 0 bridgehead atoms. The Morgan fingerprint density at radius 3 is 2.41 bits per heavy atom. The molecule has 1 atom stereocenters. The van der Waals surface area contributed by atoms with Crippen LogP contribution in [0.25, 0.3) is 0 Å². The molecule has 1 heterocycles. The van der Waals surface area contributed by atoms with Gasteiger partial charge in [0.2, 0.25) is 0 Å². The third-order valence-corrected chi connectivity index (χ3v) is 3.66. The third-order valence-electron chi connectivity index (χ3n) is 3.66. The molecule has 1 aromatic rings. The molecule has 1 aliphatic heterocycles. The molecule has 0 spiro atoms. The minimum atomic E-state index is -4.24. The van der Waals surface area contributed by atoms with Crippen molar-refractivity contribution in [2.45, 2.75) is 25.1 Å². The number of benzene rings is 1. The van der Waals surface area contributed by atoms with E-state index < -0.39 is 18.6 Å². The molecule has 0 aliphatic carbocycles. The Morgan fingerprint density at radius 2 is 1.82 bits per heavy atom. The zero-order chi connectivity index (χ0) is 15.5. The highest BCUT2D eigenvalue weighted by Crippen LogP contribution is 2.37. The maximum absolute atomic E-state index is 12.5. The van der Waals surface area contributed by atoms with Gasteiger partial charge < -0.3 is 15.5 Å². The summed E-state index contributed by atoms with van der Waals surface area (Å²) in [5.74, 6) is -0.145. The van der Waals surface area contributed by atoms with E-state index in [0.717, 1.165) is 0 Å². The zero-order valence-corrected chi connectivity index (χ0v) is 12.8. The fourth-order valence-electron chi connectivity index (χ4n) is 2.64. The summed E-state index contributed by atoms with van der Waals surface area (Å²) in [6.07, 6.45) is -5.30. The van der Waals surface area contributed by atoms with E-state index >= 15 is 0 Å². The smallest absolute Gasteiger partial charge is 0.389 e. The van der Waals surface area contributed by atoms with Gasteiger partial charge in [0, 0.05) is 44.2 Å². The van der Waals surface area contributed by atoms with Crippen LogP contribution < -0.4 is 5.32 Å². The minimum Gasteiger partial charge on any atom is -0.508 e. The van der Waals surface area contributed by atoms with Crippen LogP contribution in [-0.2, 0) is 0 Å². The molecule has 22 heavy (non-hydrogen) atoms. The Morgan fingerprint density at radius 1 is 1.18 bits per heavy atom. The van der Waals surface area contributed by atoms with E-state index in [2.05, 4.69) is 5.32 Å². The molecule has 126 valence electrons. The van der Waals surface area contributed by atoms with Crippen molar-refractivity contribution in [3.05, 3.63) is 23.8 Å². The number of aromatic hydroxyl groups is 2. The van der Waals surface area contributed by atoms with Crippen molar-refractivity contribution in [3.63, 3.8) is 0 Å². The summed E-state index contributed by atoms with van der Waals surface area (Å²) in [6.45, 7) is 2.61. The zero-order valence-electron chi connectivity index (χ0n) is 11.9. The quantitative estimate of drug-likeness (QED) is 0.738. The summed E-state index contributed by atoms with van der Waals surface area (Å²) in [5, 5.41) is 22.6. The van der Waals surface area contributed by atoms with Gasteiger partial charge in [0.1, 0.15) is 11.5 Å². The number of phenolic OH excluding ortho intramolecular Hbond substituents is 2. The van der Waals surface area contributed by atoms with Gasteiger partial charge in [0.15, 0.2) is 0 Å². The molecule has 8 heteroatoms. The van der Waals surface area contributed by atoms with Crippen molar-refractivity contribution in [2.24, 2.45) is 0 Å². The Bertz CT molecular complexity index is 480. The molecule has 0 saturated carbocycles. The number of nitrogens with one attached hydrogen (secondary N) is 1. The van der Waals surface area contributed by atoms with Gasteiger partial charge in [-0.05, 0) is 24.6 Å². The van der Waals surface area contributed by atoms with E-state index in [1.54, 1.807) is 0 Å². The van der Waals surface area contributed by atoms with Crippen LogP contribution in [0.4, 0.5) is 13.2 Å². The first-order valence-corrected chi connectivity index (χ1v) is 6.90. The molecule has 0 radical (unpaired) electrons. The lowest BCUT2D eigenvalue weighted by atomic mass is 9.98. The van der Waals surface area contributed by atoms with Crippen LogP contribution in [0.3, 0.4) is 0 Å². The minimum absolute atomic E-state index is 0. The van der Waals surface area contributed by atoms with Crippen molar-refractivity contribution in [3.8, 4) is 11.5 Å². The van der Waals surface area contributed by atoms with Crippen molar-refractivity contribution < 1.29 is 23.4 Å². The largest absolute Gasteiger partial charge is 0.508 e. The second kappa shape index (κ2) is 7.89. The lowest BCUT2D eigenvalue weighted by Crippen LogP contribution is -2.45. The van der Waals surface area contributed by atoms with Crippen molar-refractivity contribution in [1.82, 2.24) is 10.2 Å². The van der Waals surface area contributed by atoms with Crippen LogP contribution in [0.2, 0.25) is 0 Å². The number of alkyl halides is 3. The average molecular weight is 341 g/mol. The molecular formula is C14H20ClF3N2O2. The van der Waals surface area contributed by atoms with E-state index in [-0.39, 0.29) is 30.3 Å². The van der Waals surface area contributed by atoms with Crippen LogP contribution in [0.15, 0.2) is 18.2 Å². The standard InChI is InChI=1S/C14H19F3N2O2.ClH/c15-14(16,17)4-3-12(19-7-5-18-6-8-19)11-9-10(20)1-2-13(11)21;/h1-2,9,12,18,20-21H,3-8H2;1H/t12-;/m1./s1. The molecular weight excluding hydrogens is 321 g/mol. The topological polar surface area (TPSA) is 55.7 Å². The molecule has 0 unspecified atom stereocenters. The van der Waals surface area contributed by atoms with Gasteiger partial charge in [-0.15, -0.1) is 12.4 Å². The molecule has 1 saturated heterocycles. The van der Waals surface area contributed by atoms with Crippen molar-refractivity contribution >= 4 is 12.4 Å². The number of nitrogens with zero attached hydrogens (tertiary/aromatic N) is 1. The highest BCUT2D eigenvalue weighted by Gasteiger charge is 2.32. The molecule has 0 amide bonds. The molecule has 4 nitrogen and oxygen atoms in total. The Kier molecular flexibility index (Phi) is 6.77. The maximum Gasteiger partial charge on any atom is 0.389 e. The van der Waals surface area contributed by atoms with E-state index in [4.69, 9.17) is 0 Å². The first-order chi connectivity index (χ1) is 9.87. The van der Waals surface area contributed by atoms with Gasteiger partial charge in [-0.25, -0.2) is 0 Å². The van der Waals surface area contributed by atoms with E-state index in [1.807, 2.05) is 4.90 Å². The summed E-state index contributed by atoms with van der Waals surface area (Å²) < 4.78 is 37.6. The Balaban J connectivity index is 0.00000242. The number of piperazine rings is 1. The van der Waals surface area contributed by atoms with Crippen molar-refractivity contribution in [1.29, 1.82) is 0 Å². The number of rotatable bonds is 4. The van der Waals surface area contributed by atoms with Gasteiger partial charge in [-0.3, -0.25) is 4.90 Å². The molecule has 1 fully saturated rings. The van der Waals surface area contributed by atoms with Gasteiger partial charge in [0.05, 0.1) is 0 Å². The monoisotopic (exact) mass is 340 g/mol. The van der Waals surface area contributed by atoms with Gasteiger partial charge in [0.25, 0.3) is 0 Å². The van der Waals surface area contributed by atoms with E-state index in [0.29, 0.717) is 31.7 Å². The molecule has 2 rings (SSSR count). The van der Waals surface area contributed by atoms with Crippen LogP contribution >= 0.6 is 12.4 Å². The summed E-state index contributed by atoms with van der Waals surface area (Å²) in [6, 6.07) is 3.42. The van der Waals surface area contributed by atoms with E-state index in [9.17, 15) is 23.4 Å². The number of phenols is 2. The molecule has 0 aromatic heterocycles. The van der Waals surface area contributed by atoms with Gasteiger partial charge in [-0.2, -0.15) is 13.2 Å². The second-order valence-corrected chi connectivity index (χ2v) is 5.20. The second-order valence-electron chi connectivity index (χ2n) is 5.20. The van der Waals surface area contributed by atoms with Crippen LogP contribution in [0.1, 0.15) is 24.4 Å². The molecule has 3 N–H and O–H groups in total. The van der Waals surface area contributed by atoms with Crippen LogP contribution in [0.5, 0.6) is 11.5 Å². The Hall–Kier alpha value is -1.18. The number of hydrogen-bond acceptors (Lipinski definition) is 4. The summed E-state index contributed by atoms with van der Waals surface area (Å²) in [4.78, 5) is 1.91. The van der Waals surface area contributed by atoms with E-state index in [1.165, 1.54) is 18.2 Å². The fraction of sp³-hybridized carbons (Fsp3) is 0.571. The van der Waals surface area contributed by atoms with Gasteiger partial charge in [-0.1, -0.05) is 0 Å². The normalized spacial score (nSPS) is 17.8.